The Morgan fingerprint density at radius 3 is 2.78 bits per heavy atom. The average molecular weight is 477 g/mol. The van der Waals surface area contributed by atoms with Crippen LogP contribution in [0.4, 0.5) is 0 Å². The van der Waals surface area contributed by atoms with Gasteiger partial charge in [0, 0.05) is 31.9 Å². The normalized spacial score (nSPS) is 23.9. The van der Waals surface area contributed by atoms with Gasteiger partial charge in [-0.05, 0) is 69.4 Å². The number of methoxy groups -OCH3 is 1. The lowest BCUT2D eigenvalue weighted by Crippen LogP contribution is -2.43. The number of rotatable bonds is 10. The molecule has 2 fully saturated rings. The first kappa shape index (κ1) is 23.6. The molecule has 1 aromatic carbocycles. The number of ether oxygens (including phenoxy) is 1. The van der Waals surface area contributed by atoms with Crippen molar-refractivity contribution in [2.75, 3.05) is 13.7 Å². The molecule has 6 nitrogen and oxygen atoms in total. The molecule has 2 saturated carbocycles. The van der Waals surface area contributed by atoms with Crippen LogP contribution in [0.5, 0.6) is 0 Å². The summed E-state index contributed by atoms with van der Waals surface area (Å²) >= 11 is 7.88. The fourth-order valence-corrected chi connectivity index (χ4v) is 6.46. The number of thioether (sulfide) groups is 1. The summed E-state index contributed by atoms with van der Waals surface area (Å²) in [7, 11) is 1.69. The van der Waals surface area contributed by atoms with Crippen molar-refractivity contribution in [1.82, 2.24) is 20.1 Å². The Morgan fingerprint density at radius 2 is 2.09 bits per heavy atom. The van der Waals surface area contributed by atoms with E-state index < -0.39 is 0 Å². The zero-order valence-corrected chi connectivity index (χ0v) is 20.7. The molecule has 2 aromatic rings. The molecule has 0 saturated heterocycles. The highest BCUT2D eigenvalue weighted by Gasteiger charge is 2.42. The molecular formula is C24H33ClN4O2S. The molecule has 5 atom stereocenters. The Hall–Kier alpha value is -1.57. The van der Waals surface area contributed by atoms with Gasteiger partial charge in [-0.1, -0.05) is 41.9 Å². The predicted molar refractivity (Wildman–Crippen MR) is 129 cm³/mol. The maximum atomic E-state index is 13.0. The van der Waals surface area contributed by atoms with Crippen LogP contribution in [0.25, 0.3) is 11.4 Å². The van der Waals surface area contributed by atoms with E-state index >= 15 is 0 Å². The van der Waals surface area contributed by atoms with Gasteiger partial charge < -0.3 is 14.6 Å². The molecule has 1 N–H and O–H groups in total. The van der Waals surface area contributed by atoms with E-state index in [1.807, 2.05) is 35.8 Å². The van der Waals surface area contributed by atoms with Crippen molar-refractivity contribution in [3.63, 3.8) is 0 Å². The van der Waals surface area contributed by atoms with Gasteiger partial charge in [-0.2, -0.15) is 0 Å². The summed E-state index contributed by atoms with van der Waals surface area (Å²) in [5.74, 6) is 3.08. The van der Waals surface area contributed by atoms with Gasteiger partial charge in [0.25, 0.3) is 0 Å². The Labute approximate surface area is 199 Å². The van der Waals surface area contributed by atoms with E-state index in [1.54, 1.807) is 7.11 Å². The molecular weight excluding hydrogens is 444 g/mol. The number of halogens is 1. The molecule has 8 heteroatoms. The summed E-state index contributed by atoms with van der Waals surface area (Å²) in [6.07, 6.45) is 6.14. The Morgan fingerprint density at radius 1 is 1.28 bits per heavy atom. The minimum Gasteiger partial charge on any atom is -0.385 e. The molecule has 0 spiro atoms. The average Bonchev–Trinajstić information content (AvgIpc) is 3.51. The first-order valence-corrected chi connectivity index (χ1v) is 12.9. The number of hydrogen-bond acceptors (Lipinski definition) is 5. The molecule has 2 aliphatic carbocycles. The highest BCUT2D eigenvalue weighted by molar-refractivity contribution is 8.00. The third-order valence-corrected chi connectivity index (χ3v) is 8.43. The molecule has 5 unspecified atom stereocenters. The number of nitrogens with one attached hydrogen (secondary N) is 1. The third kappa shape index (κ3) is 5.15. The highest BCUT2D eigenvalue weighted by Crippen LogP contribution is 2.49. The lowest BCUT2D eigenvalue weighted by atomic mass is 9.84. The molecule has 0 radical (unpaired) electrons. The lowest BCUT2D eigenvalue weighted by molar-refractivity contribution is -0.121. The van der Waals surface area contributed by atoms with Crippen LogP contribution in [-0.2, 0) is 16.1 Å². The number of hydrogen-bond donors (Lipinski definition) is 1. The minimum absolute atomic E-state index is 0.0657. The molecule has 2 bridgehead atoms. The molecule has 174 valence electrons. The van der Waals surface area contributed by atoms with Crippen molar-refractivity contribution in [3.05, 3.63) is 29.3 Å². The van der Waals surface area contributed by atoms with Crippen LogP contribution in [-0.4, -0.2) is 45.7 Å². The summed E-state index contributed by atoms with van der Waals surface area (Å²) < 4.78 is 7.28. The zero-order valence-electron chi connectivity index (χ0n) is 19.1. The van der Waals surface area contributed by atoms with Gasteiger partial charge in [0.2, 0.25) is 5.91 Å². The van der Waals surface area contributed by atoms with Crippen molar-refractivity contribution in [1.29, 1.82) is 0 Å². The highest BCUT2D eigenvalue weighted by atomic mass is 35.5. The second kappa shape index (κ2) is 10.6. The Bertz CT molecular complexity index is 936. The SMILES string of the molecule is COCCCn1c(SC(C)C(=O)NC(C)C2CC3CCC2C3)nnc1-c1ccccc1Cl. The zero-order chi connectivity index (χ0) is 22.7. The summed E-state index contributed by atoms with van der Waals surface area (Å²) in [4.78, 5) is 13.0. The summed E-state index contributed by atoms with van der Waals surface area (Å²) in [5, 5.41) is 13.2. The molecule has 0 aliphatic heterocycles. The van der Waals surface area contributed by atoms with Crippen molar-refractivity contribution in [2.24, 2.45) is 17.8 Å². The van der Waals surface area contributed by atoms with Crippen LogP contribution >= 0.6 is 23.4 Å². The monoisotopic (exact) mass is 476 g/mol. The van der Waals surface area contributed by atoms with E-state index in [0.29, 0.717) is 24.1 Å². The number of benzene rings is 1. The molecule has 1 heterocycles. The Balaban J connectivity index is 1.45. The molecule has 1 aromatic heterocycles. The molecule has 1 amide bonds. The number of fused-ring (bicyclic) bond motifs is 2. The topological polar surface area (TPSA) is 69.0 Å². The predicted octanol–water partition coefficient (Wildman–Crippen LogP) is 5.06. The lowest BCUT2D eigenvalue weighted by Gasteiger charge is -2.29. The van der Waals surface area contributed by atoms with E-state index in [9.17, 15) is 4.79 Å². The van der Waals surface area contributed by atoms with Crippen molar-refractivity contribution < 1.29 is 9.53 Å². The standard InChI is InChI=1S/C24H33ClN4O2S/c1-15(20-14-17-9-10-18(20)13-17)26-23(30)16(2)32-24-28-27-22(29(24)11-6-12-31-3)19-7-4-5-8-21(19)25/h4-5,7-8,15-18,20H,6,9-14H2,1-3H3,(H,26,30). The van der Waals surface area contributed by atoms with Gasteiger partial charge in [-0.3, -0.25) is 4.79 Å². The maximum Gasteiger partial charge on any atom is 0.233 e. The first-order valence-electron chi connectivity index (χ1n) is 11.6. The van der Waals surface area contributed by atoms with Crippen LogP contribution in [0.3, 0.4) is 0 Å². The smallest absolute Gasteiger partial charge is 0.233 e. The minimum atomic E-state index is -0.263. The number of amides is 1. The third-order valence-electron chi connectivity index (χ3n) is 7.02. The summed E-state index contributed by atoms with van der Waals surface area (Å²) in [5.41, 5.74) is 0.841. The van der Waals surface area contributed by atoms with Crippen molar-refractivity contribution in [3.8, 4) is 11.4 Å². The quantitative estimate of drug-likeness (QED) is 0.383. The van der Waals surface area contributed by atoms with Gasteiger partial charge in [-0.15, -0.1) is 10.2 Å². The fraction of sp³-hybridized carbons (Fsp3) is 0.625. The van der Waals surface area contributed by atoms with Gasteiger partial charge in [-0.25, -0.2) is 0 Å². The van der Waals surface area contributed by atoms with E-state index in [2.05, 4.69) is 22.4 Å². The number of carbonyl (C=O) groups excluding carboxylic acids is 1. The van der Waals surface area contributed by atoms with Gasteiger partial charge in [0.1, 0.15) is 0 Å². The number of nitrogens with zero attached hydrogens (tertiary/aromatic N) is 3. The second-order valence-corrected chi connectivity index (χ2v) is 10.9. The van der Waals surface area contributed by atoms with Crippen molar-refractivity contribution >= 4 is 29.3 Å². The largest absolute Gasteiger partial charge is 0.385 e. The Kier molecular flexibility index (Phi) is 7.79. The van der Waals surface area contributed by atoms with Crippen LogP contribution < -0.4 is 5.32 Å². The fourth-order valence-electron chi connectivity index (χ4n) is 5.35. The molecule has 2 aliphatic rings. The maximum absolute atomic E-state index is 13.0. The van der Waals surface area contributed by atoms with Gasteiger partial charge in [0.05, 0.1) is 10.3 Å². The molecule has 4 rings (SSSR count). The van der Waals surface area contributed by atoms with E-state index in [0.717, 1.165) is 34.8 Å². The molecule has 32 heavy (non-hydrogen) atoms. The van der Waals surface area contributed by atoms with Crippen molar-refractivity contribution in [2.45, 2.75) is 68.9 Å². The summed E-state index contributed by atoms with van der Waals surface area (Å²) in [6.45, 7) is 5.45. The first-order chi connectivity index (χ1) is 15.5. The van der Waals surface area contributed by atoms with Gasteiger partial charge >= 0.3 is 0 Å². The van der Waals surface area contributed by atoms with Gasteiger partial charge in [0.15, 0.2) is 11.0 Å². The number of aromatic nitrogens is 3. The van der Waals surface area contributed by atoms with E-state index in [1.165, 1.54) is 37.4 Å². The second-order valence-electron chi connectivity index (χ2n) is 9.18. The van der Waals surface area contributed by atoms with Crippen LogP contribution in [0, 0.1) is 17.8 Å². The number of carbonyl (C=O) groups is 1. The van der Waals surface area contributed by atoms with E-state index in [-0.39, 0.29) is 17.2 Å². The van der Waals surface area contributed by atoms with E-state index in [4.69, 9.17) is 16.3 Å². The van der Waals surface area contributed by atoms with Crippen LogP contribution in [0.1, 0.15) is 46.0 Å². The van der Waals surface area contributed by atoms with Crippen LogP contribution in [0.15, 0.2) is 29.4 Å². The van der Waals surface area contributed by atoms with Crippen LogP contribution in [0.2, 0.25) is 5.02 Å². The summed E-state index contributed by atoms with van der Waals surface area (Å²) in [6, 6.07) is 7.86.